The van der Waals surface area contributed by atoms with Gasteiger partial charge in [-0.3, -0.25) is 9.19 Å². The van der Waals surface area contributed by atoms with Gasteiger partial charge in [0.15, 0.2) is 0 Å². The summed E-state index contributed by atoms with van der Waals surface area (Å²) in [5.74, 6) is 0.400. The molecular formula is C21H21N4O2S-. The standard InChI is InChI=1S/C21H22N4O2S/c1-2-3-19(22)20-9-8-16(11-24-20)18-10-17(12-25-21(18)23)15-6-4-14(5-7-15)13-28(26)27/h4-12,22H,2-3,13H2,1H3,(H2,23,25)(H,26,27)/p-1. The molecule has 1 atom stereocenters. The third-order valence-electron chi connectivity index (χ3n) is 4.37. The predicted molar refractivity (Wildman–Crippen MR) is 112 cm³/mol. The Morgan fingerprint density at radius 3 is 2.36 bits per heavy atom. The van der Waals surface area contributed by atoms with E-state index in [0.717, 1.165) is 34.2 Å². The van der Waals surface area contributed by atoms with Gasteiger partial charge in [-0.1, -0.05) is 54.8 Å². The lowest BCUT2D eigenvalue weighted by molar-refractivity contribution is 0.536. The topological polar surface area (TPSA) is 116 Å². The molecule has 0 aliphatic rings. The highest BCUT2D eigenvalue weighted by Gasteiger charge is 2.09. The van der Waals surface area contributed by atoms with Gasteiger partial charge in [0.2, 0.25) is 0 Å². The normalized spacial score (nSPS) is 11.9. The van der Waals surface area contributed by atoms with Crippen LogP contribution in [0.15, 0.2) is 54.9 Å². The first-order chi connectivity index (χ1) is 13.5. The molecule has 0 saturated heterocycles. The molecule has 0 aliphatic carbocycles. The minimum Gasteiger partial charge on any atom is -0.772 e. The fourth-order valence-electron chi connectivity index (χ4n) is 2.90. The molecule has 144 valence electrons. The Morgan fingerprint density at radius 2 is 1.75 bits per heavy atom. The van der Waals surface area contributed by atoms with Gasteiger partial charge in [0.05, 0.1) is 11.4 Å². The number of aromatic nitrogens is 2. The summed E-state index contributed by atoms with van der Waals surface area (Å²) in [6, 6.07) is 13.0. The zero-order valence-corrected chi connectivity index (χ0v) is 16.3. The monoisotopic (exact) mass is 393 g/mol. The van der Waals surface area contributed by atoms with E-state index in [1.807, 2.05) is 37.3 Å². The summed E-state index contributed by atoms with van der Waals surface area (Å²) in [6.45, 7) is 2.04. The Balaban J connectivity index is 1.89. The average Bonchev–Trinajstić information content (AvgIpc) is 2.69. The van der Waals surface area contributed by atoms with Gasteiger partial charge < -0.3 is 15.7 Å². The molecule has 3 N–H and O–H groups in total. The third kappa shape index (κ3) is 4.68. The number of pyridine rings is 2. The largest absolute Gasteiger partial charge is 0.772 e. The van der Waals surface area contributed by atoms with E-state index in [2.05, 4.69) is 9.97 Å². The second kappa shape index (κ2) is 8.86. The van der Waals surface area contributed by atoms with Gasteiger partial charge >= 0.3 is 0 Å². The Morgan fingerprint density at radius 1 is 1.07 bits per heavy atom. The molecule has 7 heteroatoms. The lowest BCUT2D eigenvalue weighted by Crippen LogP contribution is -2.02. The summed E-state index contributed by atoms with van der Waals surface area (Å²) in [6.07, 6.45) is 5.01. The van der Waals surface area contributed by atoms with Crippen LogP contribution in [-0.4, -0.2) is 24.4 Å². The van der Waals surface area contributed by atoms with Crippen molar-refractivity contribution in [1.29, 1.82) is 5.41 Å². The van der Waals surface area contributed by atoms with E-state index < -0.39 is 11.1 Å². The molecular weight excluding hydrogens is 372 g/mol. The first kappa shape index (κ1) is 19.9. The molecule has 28 heavy (non-hydrogen) atoms. The minimum atomic E-state index is -2.11. The quantitative estimate of drug-likeness (QED) is 0.466. The highest BCUT2D eigenvalue weighted by Crippen LogP contribution is 2.29. The van der Waals surface area contributed by atoms with Gasteiger partial charge in [0.25, 0.3) is 0 Å². The van der Waals surface area contributed by atoms with Crippen molar-refractivity contribution in [3.05, 3.63) is 66.1 Å². The maximum Gasteiger partial charge on any atom is 0.131 e. The van der Waals surface area contributed by atoms with Crippen LogP contribution in [0.5, 0.6) is 0 Å². The van der Waals surface area contributed by atoms with E-state index in [9.17, 15) is 8.76 Å². The molecule has 0 bridgehead atoms. The van der Waals surface area contributed by atoms with Crippen LogP contribution in [0.3, 0.4) is 0 Å². The molecule has 3 rings (SSSR count). The van der Waals surface area contributed by atoms with Crippen molar-refractivity contribution in [1.82, 2.24) is 9.97 Å². The van der Waals surface area contributed by atoms with Crippen LogP contribution in [0, 0.1) is 5.41 Å². The van der Waals surface area contributed by atoms with Crippen molar-refractivity contribution in [2.45, 2.75) is 25.5 Å². The zero-order valence-electron chi connectivity index (χ0n) is 15.5. The Bertz CT molecular complexity index is 1000. The summed E-state index contributed by atoms with van der Waals surface area (Å²) < 4.78 is 21.6. The number of hydrogen-bond acceptors (Lipinski definition) is 6. The Kier molecular flexibility index (Phi) is 6.28. The lowest BCUT2D eigenvalue weighted by Gasteiger charge is -2.10. The molecule has 2 aromatic heterocycles. The van der Waals surface area contributed by atoms with Crippen LogP contribution >= 0.6 is 0 Å². The highest BCUT2D eigenvalue weighted by molar-refractivity contribution is 7.78. The molecule has 1 aromatic carbocycles. The van der Waals surface area contributed by atoms with Crippen molar-refractivity contribution in [3.8, 4) is 22.3 Å². The fourth-order valence-corrected chi connectivity index (χ4v) is 3.37. The molecule has 1 unspecified atom stereocenters. The summed E-state index contributed by atoms with van der Waals surface area (Å²) in [5.41, 5.74) is 11.4. The molecule has 0 aliphatic heterocycles. The summed E-state index contributed by atoms with van der Waals surface area (Å²) in [7, 11) is 0. The SMILES string of the molecule is CCCC(=N)c1ccc(-c2cc(-c3ccc(CS(=O)[O-])cc3)cnc2N)cn1. The molecule has 2 heterocycles. The lowest BCUT2D eigenvalue weighted by atomic mass is 10.0. The molecule has 6 nitrogen and oxygen atoms in total. The van der Waals surface area contributed by atoms with E-state index >= 15 is 0 Å². The van der Waals surface area contributed by atoms with Crippen LogP contribution in [0.2, 0.25) is 0 Å². The molecule has 0 saturated carbocycles. The summed E-state index contributed by atoms with van der Waals surface area (Å²) in [4.78, 5) is 8.69. The van der Waals surface area contributed by atoms with E-state index in [-0.39, 0.29) is 5.75 Å². The highest BCUT2D eigenvalue weighted by atomic mass is 32.2. The summed E-state index contributed by atoms with van der Waals surface area (Å²) >= 11 is -2.11. The number of nitrogens with one attached hydrogen (secondary N) is 1. The van der Waals surface area contributed by atoms with Gasteiger partial charge in [-0.2, -0.15) is 0 Å². The number of hydrogen-bond donors (Lipinski definition) is 2. The zero-order chi connectivity index (χ0) is 20.1. The molecule has 0 fully saturated rings. The fraction of sp³-hybridized carbons (Fsp3) is 0.190. The van der Waals surface area contributed by atoms with Gasteiger partial charge in [-0.15, -0.1) is 0 Å². The Hall–Kier alpha value is -2.90. The Labute approximate surface area is 166 Å². The van der Waals surface area contributed by atoms with Gasteiger partial charge in [-0.25, -0.2) is 4.98 Å². The summed E-state index contributed by atoms with van der Waals surface area (Å²) in [5, 5.41) is 8.01. The minimum absolute atomic E-state index is 0.00340. The number of benzene rings is 1. The van der Waals surface area contributed by atoms with Crippen molar-refractivity contribution in [2.24, 2.45) is 0 Å². The molecule has 0 amide bonds. The van der Waals surface area contributed by atoms with Gasteiger partial charge in [0.1, 0.15) is 5.82 Å². The first-order valence-corrected chi connectivity index (χ1v) is 10.2. The number of nitrogens with two attached hydrogens (primary N) is 1. The predicted octanol–water partition coefficient (Wildman–Crippen LogP) is 3.94. The van der Waals surface area contributed by atoms with Gasteiger partial charge in [0, 0.05) is 34.8 Å². The third-order valence-corrected chi connectivity index (χ3v) is 4.94. The maximum atomic E-state index is 10.8. The van der Waals surface area contributed by atoms with Crippen molar-refractivity contribution >= 4 is 22.6 Å². The second-order valence-corrected chi connectivity index (χ2v) is 7.36. The smallest absolute Gasteiger partial charge is 0.131 e. The van der Waals surface area contributed by atoms with E-state index in [1.54, 1.807) is 24.5 Å². The molecule has 3 aromatic rings. The van der Waals surface area contributed by atoms with E-state index in [4.69, 9.17) is 11.1 Å². The van der Waals surface area contributed by atoms with Crippen molar-refractivity contribution < 1.29 is 8.76 Å². The number of rotatable bonds is 7. The second-order valence-electron chi connectivity index (χ2n) is 6.46. The van der Waals surface area contributed by atoms with Crippen LogP contribution in [-0.2, 0) is 16.8 Å². The van der Waals surface area contributed by atoms with Crippen LogP contribution in [0.1, 0.15) is 31.0 Å². The van der Waals surface area contributed by atoms with Crippen molar-refractivity contribution in [2.75, 3.05) is 5.73 Å². The number of anilines is 1. The van der Waals surface area contributed by atoms with Crippen LogP contribution in [0.25, 0.3) is 22.3 Å². The van der Waals surface area contributed by atoms with E-state index in [1.165, 1.54) is 0 Å². The molecule has 0 spiro atoms. The number of nitrogens with zero attached hydrogens (tertiary/aromatic N) is 2. The van der Waals surface area contributed by atoms with E-state index in [0.29, 0.717) is 23.6 Å². The van der Waals surface area contributed by atoms with Gasteiger partial charge in [-0.05, 0) is 29.7 Å². The first-order valence-electron chi connectivity index (χ1n) is 8.93. The van der Waals surface area contributed by atoms with Crippen LogP contribution < -0.4 is 5.73 Å². The molecule has 0 radical (unpaired) electrons. The maximum absolute atomic E-state index is 10.8. The van der Waals surface area contributed by atoms with Crippen LogP contribution in [0.4, 0.5) is 5.82 Å². The van der Waals surface area contributed by atoms with Crippen molar-refractivity contribution in [3.63, 3.8) is 0 Å². The number of nitrogen functional groups attached to an aromatic ring is 1. The average molecular weight is 393 g/mol.